The standard InChI is InChI=1S/C9H12NO4P/c1-13-15(12,14-2)9(10-11)8-6-4-3-5-7-8/h3-7,9H,1-2H3. The summed E-state index contributed by atoms with van der Waals surface area (Å²) in [5, 5.41) is 2.81. The molecule has 0 amide bonds. The maximum atomic E-state index is 11.9. The van der Waals surface area contributed by atoms with E-state index in [2.05, 4.69) is 5.18 Å². The van der Waals surface area contributed by atoms with Crippen molar-refractivity contribution in [3.05, 3.63) is 40.8 Å². The van der Waals surface area contributed by atoms with Gasteiger partial charge in [-0.2, -0.15) is 0 Å². The van der Waals surface area contributed by atoms with E-state index in [0.29, 0.717) is 5.56 Å². The maximum absolute atomic E-state index is 11.9. The minimum atomic E-state index is -3.49. The molecule has 1 unspecified atom stereocenters. The van der Waals surface area contributed by atoms with Gasteiger partial charge in [0.05, 0.1) is 0 Å². The first-order valence-electron chi connectivity index (χ1n) is 4.26. The van der Waals surface area contributed by atoms with Gasteiger partial charge in [0.2, 0.25) is 5.78 Å². The molecule has 1 aromatic carbocycles. The number of rotatable bonds is 5. The van der Waals surface area contributed by atoms with Crippen LogP contribution in [0.1, 0.15) is 11.3 Å². The first-order chi connectivity index (χ1) is 7.18. The Balaban J connectivity index is 3.09. The first-order valence-corrected chi connectivity index (χ1v) is 5.87. The third-order valence-corrected chi connectivity index (χ3v) is 4.02. The van der Waals surface area contributed by atoms with Gasteiger partial charge in [-0.05, 0) is 10.7 Å². The zero-order valence-corrected chi connectivity index (χ0v) is 9.39. The van der Waals surface area contributed by atoms with Gasteiger partial charge in [0.25, 0.3) is 0 Å². The summed E-state index contributed by atoms with van der Waals surface area (Å²) in [4.78, 5) is 10.7. The van der Waals surface area contributed by atoms with E-state index >= 15 is 0 Å². The lowest BCUT2D eigenvalue weighted by atomic mass is 10.2. The van der Waals surface area contributed by atoms with E-state index in [0.717, 1.165) is 0 Å². The number of hydrogen-bond acceptors (Lipinski definition) is 5. The van der Waals surface area contributed by atoms with Crippen molar-refractivity contribution in [2.24, 2.45) is 5.18 Å². The van der Waals surface area contributed by atoms with Crippen molar-refractivity contribution in [2.45, 2.75) is 5.78 Å². The van der Waals surface area contributed by atoms with E-state index in [1.54, 1.807) is 30.3 Å². The Morgan fingerprint density at radius 2 is 1.73 bits per heavy atom. The molecule has 0 saturated carbocycles. The predicted molar refractivity (Wildman–Crippen MR) is 56.6 cm³/mol. The zero-order valence-electron chi connectivity index (χ0n) is 8.49. The highest BCUT2D eigenvalue weighted by Gasteiger charge is 2.36. The first kappa shape index (κ1) is 12.0. The van der Waals surface area contributed by atoms with Crippen LogP contribution in [0.5, 0.6) is 0 Å². The van der Waals surface area contributed by atoms with Gasteiger partial charge >= 0.3 is 7.60 Å². The second-order valence-corrected chi connectivity index (χ2v) is 5.09. The zero-order chi connectivity index (χ0) is 11.3. The number of nitrogens with zero attached hydrogens (tertiary/aromatic N) is 1. The van der Waals surface area contributed by atoms with Gasteiger partial charge in [0.15, 0.2) is 0 Å². The van der Waals surface area contributed by atoms with Crippen LogP contribution in [0.4, 0.5) is 0 Å². The fourth-order valence-electron chi connectivity index (χ4n) is 1.20. The van der Waals surface area contributed by atoms with Crippen LogP contribution in [-0.2, 0) is 13.6 Å². The van der Waals surface area contributed by atoms with E-state index in [4.69, 9.17) is 9.05 Å². The van der Waals surface area contributed by atoms with Gasteiger partial charge < -0.3 is 9.05 Å². The highest BCUT2D eigenvalue weighted by atomic mass is 31.2. The topological polar surface area (TPSA) is 65.0 Å². The molecular formula is C9H12NO4P. The number of benzene rings is 1. The van der Waals surface area contributed by atoms with E-state index in [1.807, 2.05) is 0 Å². The molecule has 0 fully saturated rings. The molecule has 0 aromatic heterocycles. The summed E-state index contributed by atoms with van der Waals surface area (Å²) in [5.41, 5.74) is 0.513. The van der Waals surface area contributed by atoms with Gasteiger partial charge in [-0.15, -0.1) is 4.91 Å². The molecule has 0 saturated heterocycles. The van der Waals surface area contributed by atoms with Crippen molar-refractivity contribution < 1.29 is 13.6 Å². The average molecular weight is 229 g/mol. The molecule has 5 nitrogen and oxygen atoms in total. The summed E-state index contributed by atoms with van der Waals surface area (Å²) in [6.07, 6.45) is 0. The fraction of sp³-hybridized carbons (Fsp3) is 0.333. The molecule has 0 radical (unpaired) electrons. The summed E-state index contributed by atoms with van der Waals surface area (Å²) >= 11 is 0. The quantitative estimate of drug-likeness (QED) is 0.575. The molecule has 0 aliphatic rings. The molecule has 1 atom stereocenters. The third-order valence-electron chi connectivity index (χ3n) is 2.01. The monoisotopic (exact) mass is 229 g/mol. The van der Waals surface area contributed by atoms with Crippen LogP contribution in [0.25, 0.3) is 0 Å². The van der Waals surface area contributed by atoms with Crippen LogP contribution in [0.15, 0.2) is 35.5 Å². The highest BCUT2D eigenvalue weighted by Crippen LogP contribution is 2.60. The molecule has 0 aliphatic carbocycles. The predicted octanol–water partition coefficient (Wildman–Crippen LogP) is 2.94. The van der Waals surface area contributed by atoms with Crippen LogP contribution in [0.3, 0.4) is 0 Å². The molecule has 0 aliphatic heterocycles. The van der Waals surface area contributed by atoms with E-state index in [1.165, 1.54) is 14.2 Å². The van der Waals surface area contributed by atoms with Crippen LogP contribution in [0.2, 0.25) is 0 Å². The average Bonchev–Trinajstić information content (AvgIpc) is 2.31. The van der Waals surface area contributed by atoms with Gasteiger partial charge in [-0.3, -0.25) is 4.57 Å². The van der Waals surface area contributed by atoms with E-state index in [9.17, 15) is 9.47 Å². The lowest BCUT2D eigenvalue weighted by molar-refractivity contribution is 0.266. The number of nitroso groups, excluding NO2 is 1. The summed E-state index contributed by atoms with van der Waals surface area (Å²) in [7, 11) is -1.04. The van der Waals surface area contributed by atoms with Crippen LogP contribution in [-0.4, -0.2) is 14.2 Å². The fourth-order valence-corrected chi connectivity index (χ4v) is 2.40. The second kappa shape index (κ2) is 5.16. The highest BCUT2D eigenvalue weighted by molar-refractivity contribution is 7.54. The van der Waals surface area contributed by atoms with E-state index in [-0.39, 0.29) is 0 Å². The lowest BCUT2D eigenvalue weighted by Gasteiger charge is -2.18. The van der Waals surface area contributed by atoms with Crippen LogP contribution < -0.4 is 0 Å². The van der Waals surface area contributed by atoms with Crippen LogP contribution >= 0.6 is 7.60 Å². The van der Waals surface area contributed by atoms with Crippen molar-refractivity contribution in [1.29, 1.82) is 0 Å². The Kier molecular flexibility index (Phi) is 4.15. The molecule has 15 heavy (non-hydrogen) atoms. The molecule has 1 aromatic rings. The second-order valence-electron chi connectivity index (χ2n) is 2.79. The smallest absolute Gasteiger partial charge is 0.310 e. The summed E-state index contributed by atoms with van der Waals surface area (Å²) in [5.74, 6) is -1.12. The lowest BCUT2D eigenvalue weighted by Crippen LogP contribution is -2.00. The largest absolute Gasteiger partial charge is 0.362 e. The molecule has 1 rings (SSSR count). The summed E-state index contributed by atoms with van der Waals surface area (Å²) in [6, 6.07) is 8.54. The molecule has 0 N–H and O–H groups in total. The minimum absolute atomic E-state index is 0.513. The Morgan fingerprint density at radius 1 is 1.20 bits per heavy atom. The van der Waals surface area contributed by atoms with Crippen LogP contribution in [0, 0.1) is 4.91 Å². The van der Waals surface area contributed by atoms with Gasteiger partial charge in [-0.25, -0.2) is 0 Å². The van der Waals surface area contributed by atoms with Gasteiger partial charge in [-0.1, -0.05) is 30.3 Å². The Bertz CT molecular complexity index is 360. The normalized spacial score (nSPS) is 13.5. The summed E-state index contributed by atoms with van der Waals surface area (Å²) in [6.45, 7) is 0. The van der Waals surface area contributed by atoms with Crippen molar-refractivity contribution in [3.8, 4) is 0 Å². The third kappa shape index (κ3) is 2.50. The van der Waals surface area contributed by atoms with Crippen molar-refractivity contribution in [1.82, 2.24) is 0 Å². The summed E-state index contributed by atoms with van der Waals surface area (Å²) < 4.78 is 21.4. The maximum Gasteiger partial charge on any atom is 0.362 e. The van der Waals surface area contributed by atoms with Crippen molar-refractivity contribution >= 4 is 7.60 Å². The van der Waals surface area contributed by atoms with Crippen molar-refractivity contribution in [2.75, 3.05) is 14.2 Å². The molecule has 6 heteroatoms. The molecule has 0 bridgehead atoms. The Morgan fingerprint density at radius 3 is 2.13 bits per heavy atom. The number of hydrogen-bond donors (Lipinski definition) is 0. The van der Waals surface area contributed by atoms with Gasteiger partial charge in [0.1, 0.15) is 0 Å². The van der Waals surface area contributed by atoms with Gasteiger partial charge in [0, 0.05) is 14.2 Å². The molecular weight excluding hydrogens is 217 g/mol. The Labute approximate surface area is 87.9 Å². The molecule has 0 heterocycles. The van der Waals surface area contributed by atoms with Crippen molar-refractivity contribution in [3.63, 3.8) is 0 Å². The molecule has 0 spiro atoms. The van der Waals surface area contributed by atoms with E-state index < -0.39 is 13.4 Å². The SMILES string of the molecule is COP(=O)(OC)C(N=O)c1ccccc1. The molecule has 82 valence electrons. The Hall–Kier alpha value is -1.03. The minimum Gasteiger partial charge on any atom is -0.310 e.